The summed E-state index contributed by atoms with van der Waals surface area (Å²) >= 11 is 1.45. The number of carbonyl (C=O) groups excluding carboxylic acids is 2. The molecule has 2 fully saturated rings. The van der Waals surface area contributed by atoms with Crippen molar-refractivity contribution in [1.82, 2.24) is 10.2 Å². The minimum Gasteiger partial charge on any atom is -0.352 e. The smallest absolute Gasteiger partial charge is 0.264 e. The molecular weight excluding hydrogens is 308 g/mol. The Kier molecular flexibility index (Phi) is 5.70. The van der Waals surface area contributed by atoms with Crippen molar-refractivity contribution >= 4 is 23.2 Å². The molecule has 0 bridgehead atoms. The summed E-state index contributed by atoms with van der Waals surface area (Å²) in [5.41, 5.74) is 0. The molecule has 5 heteroatoms. The molecule has 4 nitrogen and oxygen atoms in total. The fourth-order valence-electron chi connectivity index (χ4n) is 3.72. The normalized spacial score (nSPS) is 23.3. The Morgan fingerprint density at radius 2 is 1.78 bits per heavy atom. The fraction of sp³-hybridized carbons (Fsp3) is 0.667. The number of nitrogens with one attached hydrogen (secondary N) is 1. The van der Waals surface area contributed by atoms with Crippen molar-refractivity contribution in [3.63, 3.8) is 0 Å². The number of carbonyl (C=O) groups is 2. The number of rotatable bonds is 3. The molecule has 2 aliphatic rings. The lowest BCUT2D eigenvalue weighted by molar-refractivity contribution is -0.125. The van der Waals surface area contributed by atoms with Crippen LogP contribution in [-0.2, 0) is 4.79 Å². The van der Waals surface area contributed by atoms with Crippen molar-refractivity contribution in [2.24, 2.45) is 0 Å². The maximum Gasteiger partial charge on any atom is 0.264 e. The quantitative estimate of drug-likeness (QED) is 0.918. The van der Waals surface area contributed by atoms with Gasteiger partial charge in [-0.05, 0) is 37.1 Å². The monoisotopic (exact) mass is 334 g/mol. The lowest BCUT2D eigenvalue weighted by atomic mass is 9.96. The van der Waals surface area contributed by atoms with Crippen LogP contribution in [0.1, 0.15) is 67.5 Å². The summed E-state index contributed by atoms with van der Waals surface area (Å²) < 4.78 is 0. The van der Waals surface area contributed by atoms with E-state index < -0.39 is 0 Å². The third-order valence-corrected chi connectivity index (χ3v) is 5.86. The van der Waals surface area contributed by atoms with Gasteiger partial charge in [0, 0.05) is 12.6 Å². The molecular formula is C18H26N2O2S. The van der Waals surface area contributed by atoms with E-state index >= 15 is 0 Å². The van der Waals surface area contributed by atoms with Crippen LogP contribution in [0, 0.1) is 0 Å². The highest BCUT2D eigenvalue weighted by atomic mass is 32.1. The van der Waals surface area contributed by atoms with Gasteiger partial charge in [0.1, 0.15) is 6.04 Å². The van der Waals surface area contributed by atoms with Gasteiger partial charge in [-0.2, -0.15) is 0 Å². The molecule has 1 aliphatic carbocycles. The van der Waals surface area contributed by atoms with Gasteiger partial charge in [-0.1, -0.05) is 38.2 Å². The van der Waals surface area contributed by atoms with Crippen LogP contribution in [0.2, 0.25) is 0 Å². The number of thiophene rings is 1. The Balaban J connectivity index is 1.60. The van der Waals surface area contributed by atoms with Crippen molar-refractivity contribution < 1.29 is 9.59 Å². The fourth-order valence-corrected chi connectivity index (χ4v) is 4.40. The zero-order chi connectivity index (χ0) is 16.1. The Hall–Kier alpha value is -1.36. The standard InChI is InChI=1S/C18H26N2O2S/c21-17(19-14-8-4-2-1-3-5-9-14)15-10-6-12-20(15)18(22)16-11-7-13-23-16/h7,11,13-15H,1-6,8-10,12H2,(H,19,21)/t15-/m0/s1. The largest absolute Gasteiger partial charge is 0.352 e. The van der Waals surface area contributed by atoms with Gasteiger partial charge < -0.3 is 10.2 Å². The van der Waals surface area contributed by atoms with Gasteiger partial charge in [-0.25, -0.2) is 0 Å². The molecule has 1 N–H and O–H groups in total. The Morgan fingerprint density at radius 3 is 2.48 bits per heavy atom. The molecule has 2 amide bonds. The van der Waals surface area contributed by atoms with E-state index in [0.29, 0.717) is 12.6 Å². The van der Waals surface area contributed by atoms with E-state index in [-0.39, 0.29) is 17.9 Å². The van der Waals surface area contributed by atoms with Crippen LogP contribution in [0.25, 0.3) is 0 Å². The minimum absolute atomic E-state index is 0.00955. The predicted molar refractivity (Wildman–Crippen MR) is 92.6 cm³/mol. The van der Waals surface area contributed by atoms with Crippen molar-refractivity contribution in [1.29, 1.82) is 0 Å². The number of hydrogen-bond acceptors (Lipinski definition) is 3. The van der Waals surface area contributed by atoms with Crippen molar-refractivity contribution in [2.45, 2.75) is 69.9 Å². The highest BCUT2D eigenvalue weighted by Gasteiger charge is 2.35. The predicted octanol–water partition coefficient (Wildman–Crippen LogP) is 3.58. The Bertz CT molecular complexity index is 521. The molecule has 23 heavy (non-hydrogen) atoms. The second kappa shape index (κ2) is 7.95. The van der Waals surface area contributed by atoms with Gasteiger partial charge in [0.25, 0.3) is 5.91 Å². The number of likely N-dealkylation sites (tertiary alicyclic amines) is 1. The molecule has 1 saturated carbocycles. The second-order valence-corrected chi connectivity index (χ2v) is 7.63. The molecule has 0 radical (unpaired) electrons. The first-order valence-electron chi connectivity index (χ1n) is 8.90. The van der Waals surface area contributed by atoms with Crippen LogP contribution < -0.4 is 5.32 Å². The van der Waals surface area contributed by atoms with E-state index in [9.17, 15) is 9.59 Å². The molecule has 126 valence electrons. The van der Waals surface area contributed by atoms with E-state index in [2.05, 4.69) is 5.32 Å². The highest BCUT2D eigenvalue weighted by Crippen LogP contribution is 2.23. The summed E-state index contributed by atoms with van der Waals surface area (Å²) in [5.74, 6) is 0.0632. The topological polar surface area (TPSA) is 49.4 Å². The van der Waals surface area contributed by atoms with Gasteiger partial charge >= 0.3 is 0 Å². The maximum atomic E-state index is 12.7. The van der Waals surface area contributed by atoms with Crippen LogP contribution in [0.4, 0.5) is 0 Å². The lowest BCUT2D eigenvalue weighted by Gasteiger charge is -2.27. The molecule has 1 saturated heterocycles. The first-order chi connectivity index (χ1) is 11.3. The van der Waals surface area contributed by atoms with E-state index in [4.69, 9.17) is 0 Å². The van der Waals surface area contributed by atoms with E-state index in [0.717, 1.165) is 30.6 Å². The van der Waals surface area contributed by atoms with Crippen molar-refractivity contribution in [3.8, 4) is 0 Å². The van der Waals surface area contributed by atoms with Crippen LogP contribution in [-0.4, -0.2) is 35.3 Å². The van der Waals surface area contributed by atoms with Crippen LogP contribution >= 0.6 is 11.3 Å². The number of amides is 2. The zero-order valence-electron chi connectivity index (χ0n) is 13.6. The average Bonchev–Trinajstić information content (AvgIpc) is 3.20. The van der Waals surface area contributed by atoms with Crippen LogP contribution in [0.3, 0.4) is 0 Å². The van der Waals surface area contributed by atoms with E-state index in [1.165, 1.54) is 43.4 Å². The third-order valence-electron chi connectivity index (χ3n) is 5.00. The van der Waals surface area contributed by atoms with Crippen molar-refractivity contribution in [2.75, 3.05) is 6.54 Å². The summed E-state index contributed by atoms with van der Waals surface area (Å²) in [6, 6.07) is 3.74. The number of hydrogen-bond donors (Lipinski definition) is 1. The maximum absolute atomic E-state index is 12.7. The number of nitrogens with zero attached hydrogens (tertiary/aromatic N) is 1. The van der Waals surface area contributed by atoms with Gasteiger partial charge in [0.2, 0.25) is 5.91 Å². The Labute approximate surface area is 142 Å². The SMILES string of the molecule is O=C(NC1CCCCCCC1)[C@@H]1CCCN1C(=O)c1cccs1. The molecule has 0 aromatic carbocycles. The first-order valence-corrected chi connectivity index (χ1v) is 9.78. The molecule has 3 rings (SSSR count). The summed E-state index contributed by atoms with van der Waals surface area (Å²) in [6.07, 6.45) is 10.1. The molecule has 0 spiro atoms. The van der Waals surface area contributed by atoms with Crippen LogP contribution in [0.5, 0.6) is 0 Å². The lowest BCUT2D eigenvalue weighted by Crippen LogP contribution is -2.48. The first kappa shape index (κ1) is 16.5. The van der Waals surface area contributed by atoms with Gasteiger partial charge in [0.05, 0.1) is 4.88 Å². The van der Waals surface area contributed by atoms with E-state index in [1.54, 1.807) is 4.90 Å². The van der Waals surface area contributed by atoms with Gasteiger partial charge in [-0.3, -0.25) is 9.59 Å². The summed E-state index contributed by atoms with van der Waals surface area (Å²) in [6.45, 7) is 0.694. The molecule has 2 heterocycles. The second-order valence-electron chi connectivity index (χ2n) is 6.68. The molecule has 1 aliphatic heterocycles. The zero-order valence-corrected chi connectivity index (χ0v) is 14.4. The average molecular weight is 334 g/mol. The molecule has 1 aromatic rings. The minimum atomic E-state index is -0.282. The molecule has 1 atom stereocenters. The highest BCUT2D eigenvalue weighted by molar-refractivity contribution is 7.12. The van der Waals surface area contributed by atoms with Crippen molar-refractivity contribution in [3.05, 3.63) is 22.4 Å². The summed E-state index contributed by atoms with van der Waals surface area (Å²) in [7, 11) is 0. The van der Waals surface area contributed by atoms with Crippen LogP contribution in [0.15, 0.2) is 17.5 Å². The summed E-state index contributed by atoms with van der Waals surface area (Å²) in [5, 5.41) is 5.14. The molecule has 0 unspecified atom stereocenters. The molecule has 1 aromatic heterocycles. The van der Waals surface area contributed by atoms with Gasteiger partial charge in [0.15, 0.2) is 0 Å². The summed E-state index contributed by atoms with van der Waals surface area (Å²) in [4.78, 5) is 27.8. The third kappa shape index (κ3) is 4.14. The van der Waals surface area contributed by atoms with E-state index in [1.807, 2.05) is 17.5 Å². The van der Waals surface area contributed by atoms with Gasteiger partial charge in [-0.15, -0.1) is 11.3 Å². The Morgan fingerprint density at radius 1 is 1.04 bits per heavy atom.